The van der Waals surface area contributed by atoms with Crippen molar-refractivity contribution in [2.24, 2.45) is 0 Å². The Morgan fingerprint density at radius 1 is 1.30 bits per heavy atom. The maximum absolute atomic E-state index is 12.2. The summed E-state index contributed by atoms with van der Waals surface area (Å²) in [6.07, 6.45) is 7.89. The topological polar surface area (TPSA) is 55.8 Å². The van der Waals surface area contributed by atoms with E-state index < -0.39 is 0 Å². The van der Waals surface area contributed by atoms with Crippen molar-refractivity contribution in [2.45, 2.75) is 19.8 Å². The summed E-state index contributed by atoms with van der Waals surface area (Å²) in [5.74, 6) is 0.938. The van der Waals surface area contributed by atoms with Crippen LogP contribution >= 0.6 is 0 Å². The molecule has 3 rings (SSSR count). The number of hydrogen-bond donors (Lipinski definition) is 0. The molecule has 0 aliphatic carbocycles. The van der Waals surface area contributed by atoms with Gasteiger partial charge in [0.1, 0.15) is 13.2 Å². The second-order valence-electron chi connectivity index (χ2n) is 5.41. The van der Waals surface area contributed by atoms with E-state index in [0.717, 1.165) is 23.3 Å². The van der Waals surface area contributed by atoms with Crippen LogP contribution in [0.3, 0.4) is 0 Å². The fourth-order valence-electron chi connectivity index (χ4n) is 2.67. The molecule has 1 aromatic rings. The van der Waals surface area contributed by atoms with Crippen molar-refractivity contribution in [3.05, 3.63) is 41.5 Å². The number of benzene rings is 1. The second kappa shape index (κ2) is 6.69. The maximum Gasteiger partial charge on any atom is 0.253 e. The standard InChI is InChI=1S/C18H19NO4/c1-2-14-11-13(12-15-18(14)23-10-9-22-15)6-7-17(21)19-8-4-3-5-16(19)20/h3,5-7,11-12H,2,4,8-10H2,1H3/b7-6+. The summed E-state index contributed by atoms with van der Waals surface area (Å²) in [6.45, 7) is 3.56. The molecule has 5 heteroatoms. The van der Waals surface area contributed by atoms with Crippen LogP contribution in [0.5, 0.6) is 11.5 Å². The molecule has 0 atom stereocenters. The Morgan fingerprint density at radius 3 is 2.91 bits per heavy atom. The van der Waals surface area contributed by atoms with E-state index in [1.54, 1.807) is 12.2 Å². The lowest BCUT2D eigenvalue weighted by molar-refractivity contribution is -0.139. The van der Waals surface area contributed by atoms with Gasteiger partial charge in [-0.15, -0.1) is 0 Å². The molecule has 0 fully saturated rings. The zero-order chi connectivity index (χ0) is 16.2. The van der Waals surface area contributed by atoms with Gasteiger partial charge >= 0.3 is 0 Å². The molecule has 0 unspecified atom stereocenters. The SMILES string of the molecule is CCc1cc(/C=C/C(=O)N2CCC=CC2=O)cc2c1OCCO2. The molecule has 0 saturated heterocycles. The maximum atomic E-state index is 12.2. The summed E-state index contributed by atoms with van der Waals surface area (Å²) >= 11 is 0. The van der Waals surface area contributed by atoms with Gasteiger partial charge in [-0.1, -0.05) is 13.0 Å². The largest absolute Gasteiger partial charge is 0.486 e. The van der Waals surface area contributed by atoms with Crippen LogP contribution in [0.15, 0.2) is 30.4 Å². The highest BCUT2D eigenvalue weighted by atomic mass is 16.6. The van der Waals surface area contributed by atoms with Gasteiger partial charge in [0.2, 0.25) is 0 Å². The molecule has 2 amide bonds. The first-order valence-corrected chi connectivity index (χ1v) is 7.81. The van der Waals surface area contributed by atoms with Crippen molar-refractivity contribution in [2.75, 3.05) is 19.8 Å². The second-order valence-corrected chi connectivity index (χ2v) is 5.41. The van der Waals surface area contributed by atoms with Gasteiger partial charge in [-0.25, -0.2) is 0 Å². The third kappa shape index (κ3) is 3.28. The van der Waals surface area contributed by atoms with E-state index in [0.29, 0.717) is 31.9 Å². The Hall–Kier alpha value is -2.56. The van der Waals surface area contributed by atoms with E-state index in [1.165, 1.54) is 17.1 Å². The van der Waals surface area contributed by atoms with Crippen LogP contribution in [0.2, 0.25) is 0 Å². The molecule has 2 aliphatic rings. The number of carbonyl (C=O) groups excluding carboxylic acids is 2. The smallest absolute Gasteiger partial charge is 0.253 e. The van der Waals surface area contributed by atoms with Crippen LogP contribution in [0.1, 0.15) is 24.5 Å². The van der Waals surface area contributed by atoms with Gasteiger partial charge < -0.3 is 9.47 Å². The average molecular weight is 313 g/mol. The molecule has 0 bridgehead atoms. The summed E-state index contributed by atoms with van der Waals surface area (Å²) in [5, 5.41) is 0. The molecule has 0 saturated carbocycles. The van der Waals surface area contributed by atoms with E-state index in [1.807, 2.05) is 19.1 Å². The number of ether oxygens (including phenoxy) is 2. The molecular formula is C18H19NO4. The number of fused-ring (bicyclic) bond motifs is 1. The molecule has 1 aromatic carbocycles. The molecule has 2 aliphatic heterocycles. The molecule has 0 spiro atoms. The predicted octanol–water partition coefficient (Wildman–Crippen LogP) is 2.35. The van der Waals surface area contributed by atoms with Gasteiger partial charge in [-0.05, 0) is 48.3 Å². The minimum atomic E-state index is -0.299. The zero-order valence-electron chi connectivity index (χ0n) is 13.1. The summed E-state index contributed by atoms with van der Waals surface area (Å²) in [4.78, 5) is 25.1. The fourth-order valence-corrected chi connectivity index (χ4v) is 2.67. The highest BCUT2D eigenvalue weighted by Crippen LogP contribution is 2.35. The number of hydrogen-bond acceptors (Lipinski definition) is 4. The van der Waals surface area contributed by atoms with E-state index in [4.69, 9.17) is 9.47 Å². The predicted molar refractivity (Wildman–Crippen MR) is 86.3 cm³/mol. The zero-order valence-corrected chi connectivity index (χ0v) is 13.1. The van der Waals surface area contributed by atoms with Crippen molar-refractivity contribution >= 4 is 17.9 Å². The number of aryl methyl sites for hydroxylation is 1. The molecule has 0 N–H and O–H groups in total. The number of amides is 2. The van der Waals surface area contributed by atoms with E-state index in [2.05, 4.69) is 0 Å². The third-order valence-corrected chi connectivity index (χ3v) is 3.85. The molecule has 23 heavy (non-hydrogen) atoms. The Morgan fingerprint density at radius 2 is 2.13 bits per heavy atom. The van der Waals surface area contributed by atoms with E-state index in [-0.39, 0.29) is 11.8 Å². The van der Waals surface area contributed by atoms with E-state index in [9.17, 15) is 9.59 Å². The first kappa shape index (κ1) is 15.3. The van der Waals surface area contributed by atoms with Gasteiger partial charge in [0.25, 0.3) is 11.8 Å². The quantitative estimate of drug-likeness (QED) is 0.804. The Labute approximate surface area is 135 Å². The minimum absolute atomic E-state index is 0.262. The number of nitrogens with zero attached hydrogens (tertiary/aromatic N) is 1. The average Bonchev–Trinajstić information content (AvgIpc) is 2.59. The highest BCUT2D eigenvalue weighted by Gasteiger charge is 2.19. The van der Waals surface area contributed by atoms with Crippen molar-refractivity contribution in [3.63, 3.8) is 0 Å². The minimum Gasteiger partial charge on any atom is -0.486 e. The number of rotatable bonds is 3. The lowest BCUT2D eigenvalue weighted by Crippen LogP contribution is -2.37. The fraction of sp³-hybridized carbons (Fsp3) is 0.333. The Kier molecular flexibility index (Phi) is 4.46. The molecule has 0 radical (unpaired) electrons. The Balaban J connectivity index is 1.80. The summed E-state index contributed by atoms with van der Waals surface area (Å²) in [5.41, 5.74) is 1.91. The van der Waals surface area contributed by atoms with Crippen LogP contribution in [0.4, 0.5) is 0 Å². The number of carbonyl (C=O) groups is 2. The lowest BCUT2D eigenvalue weighted by atomic mass is 10.1. The normalized spacial score (nSPS) is 16.9. The molecule has 0 aromatic heterocycles. The van der Waals surface area contributed by atoms with Crippen molar-refractivity contribution in [1.29, 1.82) is 0 Å². The summed E-state index contributed by atoms with van der Waals surface area (Å²) in [7, 11) is 0. The van der Waals surface area contributed by atoms with Crippen molar-refractivity contribution in [1.82, 2.24) is 4.90 Å². The van der Waals surface area contributed by atoms with Crippen LogP contribution < -0.4 is 9.47 Å². The van der Waals surface area contributed by atoms with Gasteiger partial charge in [-0.3, -0.25) is 14.5 Å². The van der Waals surface area contributed by atoms with Gasteiger partial charge in [0.05, 0.1) is 0 Å². The molecule has 120 valence electrons. The first-order chi connectivity index (χ1) is 11.2. The summed E-state index contributed by atoms with van der Waals surface area (Å²) in [6, 6.07) is 3.84. The van der Waals surface area contributed by atoms with Gasteiger partial charge in [0, 0.05) is 12.6 Å². The first-order valence-electron chi connectivity index (χ1n) is 7.81. The van der Waals surface area contributed by atoms with Gasteiger partial charge in [0.15, 0.2) is 11.5 Å². The third-order valence-electron chi connectivity index (χ3n) is 3.85. The number of imide groups is 1. The molecular weight excluding hydrogens is 294 g/mol. The Bertz CT molecular complexity index is 673. The van der Waals surface area contributed by atoms with Gasteiger partial charge in [-0.2, -0.15) is 0 Å². The van der Waals surface area contributed by atoms with Crippen LogP contribution in [-0.2, 0) is 16.0 Å². The lowest BCUT2D eigenvalue weighted by Gasteiger charge is -2.21. The van der Waals surface area contributed by atoms with Crippen LogP contribution in [0.25, 0.3) is 6.08 Å². The monoisotopic (exact) mass is 313 g/mol. The molecule has 5 nitrogen and oxygen atoms in total. The molecule has 2 heterocycles. The van der Waals surface area contributed by atoms with Crippen molar-refractivity contribution < 1.29 is 19.1 Å². The van der Waals surface area contributed by atoms with Crippen LogP contribution in [0, 0.1) is 0 Å². The highest BCUT2D eigenvalue weighted by molar-refractivity contribution is 6.06. The summed E-state index contributed by atoms with van der Waals surface area (Å²) < 4.78 is 11.3. The van der Waals surface area contributed by atoms with Crippen molar-refractivity contribution in [3.8, 4) is 11.5 Å². The van der Waals surface area contributed by atoms with E-state index >= 15 is 0 Å². The van der Waals surface area contributed by atoms with Crippen LogP contribution in [-0.4, -0.2) is 36.5 Å².